The molecule has 0 radical (unpaired) electrons. The van der Waals surface area contributed by atoms with E-state index in [2.05, 4.69) is 20.8 Å². The van der Waals surface area contributed by atoms with E-state index in [1.807, 2.05) is 13.8 Å². The van der Waals surface area contributed by atoms with Gasteiger partial charge in [-0.2, -0.15) is 0 Å². The Morgan fingerprint density at radius 2 is 1.68 bits per heavy atom. The molecule has 2 atom stereocenters. The molecule has 0 aliphatic heterocycles. The standard InChI is InChI=1S/C15H30O4/c1-6-7-8-15(16)19-14(5)11-18-13(4)10-17-9-12(2)3/h12-14H,6-11H2,1-5H3. The van der Waals surface area contributed by atoms with Gasteiger partial charge in [0.25, 0.3) is 0 Å². The van der Waals surface area contributed by atoms with Crippen molar-refractivity contribution in [1.82, 2.24) is 0 Å². The van der Waals surface area contributed by atoms with E-state index in [0.717, 1.165) is 19.4 Å². The fraction of sp³-hybridized carbons (Fsp3) is 0.933. The van der Waals surface area contributed by atoms with E-state index in [9.17, 15) is 4.79 Å². The van der Waals surface area contributed by atoms with Crippen LogP contribution in [0.1, 0.15) is 53.9 Å². The van der Waals surface area contributed by atoms with Crippen LogP contribution in [-0.4, -0.2) is 38.0 Å². The number of rotatable bonds is 11. The second-order valence-corrected chi connectivity index (χ2v) is 5.48. The molecule has 0 spiro atoms. The quantitative estimate of drug-likeness (QED) is 0.543. The second kappa shape index (κ2) is 11.2. The van der Waals surface area contributed by atoms with E-state index >= 15 is 0 Å². The normalized spacial score (nSPS) is 14.4. The van der Waals surface area contributed by atoms with Crippen molar-refractivity contribution >= 4 is 5.97 Å². The van der Waals surface area contributed by atoms with Crippen LogP contribution >= 0.6 is 0 Å². The van der Waals surface area contributed by atoms with Gasteiger partial charge in [0.2, 0.25) is 0 Å². The third-order valence-electron chi connectivity index (χ3n) is 2.49. The van der Waals surface area contributed by atoms with Gasteiger partial charge in [-0.25, -0.2) is 0 Å². The predicted octanol–water partition coefficient (Wildman–Crippen LogP) is 3.19. The summed E-state index contributed by atoms with van der Waals surface area (Å²) in [5.41, 5.74) is 0. The summed E-state index contributed by atoms with van der Waals surface area (Å²) in [5.74, 6) is 0.396. The molecule has 0 aliphatic rings. The van der Waals surface area contributed by atoms with E-state index in [0.29, 0.717) is 25.6 Å². The third-order valence-corrected chi connectivity index (χ3v) is 2.49. The summed E-state index contributed by atoms with van der Waals surface area (Å²) < 4.78 is 16.3. The maximum absolute atomic E-state index is 11.4. The van der Waals surface area contributed by atoms with Gasteiger partial charge in [0, 0.05) is 13.0 Å². The molecular formula is C15H30O4. The Morgan fingerprint density at radius 3 is 2.26 bits per heavy atom. The lowest BCUT2D eigenvalue weighted by Gasteiger charge is -2.18. The summed E-state index contributed by atoms with van der Waals surface area (Å²) >= 11 is 0. The summed E-state index contributed by atoms with van der Waals surface area (Å²) in [6, 6.07) is 0. The first kappa shape index (κ1) is 18.4. The first-order valence-corrected chi connectivity index (χ1v) is 7.34. The van der Waals surface area contributed by atoms with Gasteiger partial charge in [-0.15, -0.1) is 0 Å². The molecule has 2 unspecified atom stereocenters. The third kappa shape index (κ3) is 12.2. The van der Waals surface area contributed by atoms with Gasteiger partial charge in [0.1, 0.15) is 6.10 Å². The molecule has 0 aromatic carbocycles. The number of hydrogen-bond donors (Lipinski definition) is 0. The van der Waals surface area contributed by atoms with Gasteiger partial charge >= 0.3 is 5.97 Å². The molecule has 0 N–H and O–H groups in total. The topological polar surface area (TPSA) is 44.8 Å². The highest BCUT2D eigenvalue weighted by molar-refractivity contribution is 5.69. The van der Waals surface area contributed by atoms with Gasteiger partial charge in [-0.3, -0.25) is 4.79 Å². The van der Waals surface area contributed by atoms with Gasteiger partial charge in [0.05, 0.1) is 19.3 Å². The van der Waals surface area contributed by atoms with Crippen molar-refractivity contribution < 1.29 is 19.0 Å². The van der Waals surface area contributed by atoms with Crippen molar-refractivity contribution in [2.45, 2.75) is 66.1 Å². The summed E-state index contributed by atoms with van der Waals surface area (Å²) in [6.45, 7) is 11.8. The SMILES string of the molecule is CCCCC(=O)OC(C)COC(C)COCC(C)C. The van der Waals surface area contributed by atoms with Crippen LogP contribution in [-0.2, 0) is 19.0 Å². The minimum Gasteiger partial charge on any atom is -0.460 e. The zero-order valence-electron chi connectivity index (χ0n) is 13.1. The van der Waals surface area contributed by atoms with E-state index < -0.39 is 0 Å². The van der Waals surface area contributed by atoms with Crippen LogP contribution < -0.4 is 0 Å². The average molecular weight is 274 g/mol. The maximum atomic E-state index is 11.4. The van der Waals surface area contributed by atoms with Crippen molar-refractivity contribution in [2.24, 2.45) is 5.92 Å². The Labute approximate surface area is 117 Å². The number of unbranched alkanes of at least 4 members (excludes halogenated alkanes) is 1. The fourth-order valence-electron chi connectivity index (χ4n) is 1.46. The summed E-state index contributed by atoms with van der Waals surface area (Å²) in [5, 5.41) is 0. The number of ether oxygens (including phenoxy) is 3. The van der Waals surface area contributed by atoms with Crippen LogP contribution in [0.25, 0.3) is 0 Å². The van der Waals surface area contributed by atoms with Crippen LogP contribution in [0.3, 0.4) is 0 Å². The van der Waals surface area contributed by atoms with Crippen molar-refractivity contribution in [2.75, 3.05) is 19.8 Å². The molecule has 0 saturated heterocycles. The highest BCUT2D eigenvalue weighted by atomic mass is 16.6. The van der Waals surface area contributed by atoms with Crippen molar-refractivity contribution in [3.63, 3.8) is 0 Å². The van der Waals surface area contributed by atoms with Crippen LogP contribution in [0.15, 0.2) is 0 Å². The monoisotopic (exact) mass is 274 g/mol. The Hall–Kier alpha value is -0.610. The van der Waals surface area contributed by atoms with E-state index in [1.54, 1.807) is 0 Å². The zero-order valence-corrected chi connectivity index (χ0v) is 13.1. The van der Waals surface area contributed by atoms with Gasteiger partial charge in [0.15, 0.2) is 0 Å². The molecule has 0 fully saturated rings. The average Bonchev–Trinajstić information content (AvgIpc) is 2.33. The molecular weight excluding hydrogens is 244 g/mol. The Balaban J connectivity index is 3.59. The summed E-state index contributed by atoms with van der Waals surface area (Å²) in [4.78, 5) is 11.4. The minimum absolute atomic E-state index is 0.0237. The second-order valence-electron chi connectivity index (χ2n) is 5.48. The lowest BCUT2D eigenvalue weighted by atomic mass is 10.2. The molecule has 0 rings (SSSR count). The first-order valence-electron chi connectivity index (χ1n) is 7.34. The highest BCUT2D eigenvalue weighted by Crippen LogP contribution is 2.03. The smallest absolute Gasteiger partial charge is 0.306 e. The molecule has 0 bridgehead atoms. The van der Waals surface area contributed by atoms with Crippen LogP contribution in [0, 0.1) is 5.92 Å². The lowest BCUT2D eigenvalue weighted by molar-refractivity contribution is -0.152. The van der Waals surface area contributed by atoms with Crippen LogP contribution in [0.4, 0.5) is 0 Å². The Morgan fingerprint density at radius 1 is 1.00 bits per heavy atom. The largest absolute Gasteiger partial charge is 0.460 e. The number of carbonyl (C=O) groups is 1. The molecule has 4 nitrogen and oxygen atoms in total. The number of carbonyl (C=O) groups excluding carboxylic acids is 1. The number of hydrogen-bond acceptors (Lipinski definition) is 4. The van der Waals surface area contributed by atoms with Crippen molar-refractivity contribution in [3.05, 3.63) is 0 Å². The van der Waals surface area contributed by atoms with Crippen LogP contribution in [0.2, 0.25) is 0 Å². The molecule has 19 heavy (non-hydrogen) atoms. The molecule has 4 heteroatoms. The Kier molecular flexibility index (Phi) is 10.9. The van der Waals surface area contributed by atoms with Gasteiger partial charge in [-0.1, -0.05) is 27.2 Å². The van der Waals surface area contributed by atoms with E-state index in [4.69, 9.17) is 14.2 Å². The van der Waals surface area contributed by atoms with Crippen LogP contribution in [0.5, 0.6) is 0 Å². The molecule has 0 aromatic heterocycles. The lowest BCUT2D eigenvalue weighted by Crippen LogP contribution is -2.25. The molecule has 0 amide bonds. The van der Waals surface area contributed by atoms with E-state index in [1.165, 1.54) is 0 Å². The fourth-order valence-corrected chi connectivity index (χ4v) is 1.46. The molecule has 0 aliphatic carbocycles. The van der Waals surface area contributed by atoms with Gasteiger partial charge < -0.3 is 14.2 Å². The molecule has 114 valence electrons. The number of esters is 1. The molecule has 0 aromatic rings. The minimum atomic E-state index is -0.197. The summed E-state index contributed by atoms with van der Waals surface area (Å²) in [7, 11) is 0. The van der Waals surface area contributed by atoms with Crippen molar-refractivity contribution in [3.8, 4) is 0 Å². The molecule has 0 heterocycles. The Bertz CT molecular complexity index is 228. The van der Waals surface area contributed by atoms with E-state index in [-0.39, 0.29) is 18.2 Å². The predicted molar refractivity (Wildman–Crippen MR) is 76.2 cm³/mol. The molecule has 0 saturated carbocycles. The first-order chi connectivity index (χ1) is 8.95. The van der Waals surface area contributed by atoms with Crippen molar-refractivity contribution in [1.29, 1.82) is 0 Å². The maximum Gasteiger partial charge on any atom is 0.306 e. The zero-order chi connectivity index (χ0) is 14.7. The highest BCUT2D eigenvalue weighted by Gasteiger charge is 2.11. The summed E-state index contributed by atoms with van der Waals surface area (Å²) in [6.07, 6.45) is 2.21. The van der Waals surface area contributed by atoms with Gasteiger partial charge in [-0.05, 0) is 26.2 Å².